The van der Waals surface area contributed by atoms with E-state index >= 15 is 0 Å². The molecule has 0 bridgehead atoms. The van der Waals surface area contributed by atoms with Gasteiger partial charge in [-0.2, -0.15) is 0 Å². The molecule has 16 heavy (non-hydrogen) atoms. The number of hydrogen-bond donors (Lipinski definition) is 1. The molecule has 0 aromatic heterocycles. The van der Waals surface area contributed by atoms with Gasteiger partial charge in [0, 0.05) is 18.3 Å². The van der Waals surface area contributed by atoms with Crippen molar-refractivity contribution in [3.63, 3.8) is 0 Å². The molecule has 0 saturated carbocycles. The van der Waals surface area contributed by atoms with E-state index < -0.39 is 0 Å². The third-order valence-corrected chi connectivity index (χ3v) is 2.10. The number of rotatable bonds is 3. The average Bonchev–Trinajstić information content (AvgIpc) is 2.28. The van der Waals surface area contributed by atoms with Crippen LogP contribution in [0.15, 0.2) is 24.3 Å². The van der Waals surface area contributed by atoms with Crippen molar-refractivity contribution in [2.24, 2.45) is 0 Å². The van der Waals surface area contributed by atoms with Crippen LogP contribution in [0.1, 0.15) is 17.3 Å². The van der Waals surface area contributed by atoms with Crippen molar-refractivity contribution in [3.05, 3.63) is 29.8 Å². The van der Waals surface area contributed by atoms with Gasteiger partial charge in [0.25, 0.3) is 0 Å². The molecule has 0 fully saturated rings. The number of benzene rings is 1. The molecule has 0 saturated heterocycles. The average molecular weight is 222 g/mol. The summed E-state index contributed by atoms with van der Waals surface area (Å²) in [5, 5.41) is 3.68. The molecule has 0 aliphatic carbocycles. The van der Waals surface area contributed by atoms with Crippen LogP contribution in [0.3, 0.4) is 0 Å². The lowest BCUT2D eigenvalue weighted by Crippen LogP contribution is -2.30. The molecule has 0 aliphatic heterocycles. The monoisotopic (exact) mass is 222 g/mol. The Balaban J connectivity index is 2.69. The van der Waals surface area contributed by atoms with Crippen LogP contribution in [0.2, 0.25) is 0 Å². The predicted molar refractivity (Wildman–Crippen MR) is 60.2 cm³/mol. The Labute approximate surface area is 94.0 Å². The van der Waals surface area contributed by atoms with Gasteiger partial charge in [-0.1, -0.05) is 0 Å². The lowest BCUT2D eigenvalue weighted by Gasteiger charge is -2.14. The van der Waals surface area contributed by atoms with Crippen molar-refractivity contribution in [3.8, 4) is 0 Å². The summed E-state index contributed by atoms with van der Waals surface area (Å²) in [7, 11) is 2.90. The summed E-state index contributed by atoms with van der Waals surface area (Å²) in [6.07, 6.45) is 0. The van der Waals surface area contributed by atoms with Gasteiger partial charge in [0.05, 0.1) is 7.11 Å². The number of anilines is 1. The molecular formula is C11H14N2O3. The minimum absolute atomic E-state index is 0.00751. The van der Waals surface area contributed by atoms with Gasteiger partial charge in [-0.25, -0.2) is 9.86 Å². The standard InChI is InChI=1S/C11H14N2O3/c1-8(14)9-4-6-10(7-5-9)12-11(15)13(2)16-3/h4-7H,1-3H3,(H,12,15). The molecule has 1 aromatic rings. The maximum atomic E-state index is 11.4. The summed E-state index contributed by atoms with van der Waals surface area (Å²) in [6.45, 7) is 1.49. The number of nitrogens with one attached hydrogen (secondary N) is 1. The fourth-order valence-corrected chi connectivity index (χ4v) is 1.07. The highest BCUT2D eigenvalue weighted by Gasteiger charge is 2.07. The molecule has 1 N–H and O–H groups in total. The smallest absolute Gasteiger partial charge is 0.306 e. The fourth-order valence-electron chi connectivity index (χ4n) is 1.07. The molecule has 0 unspecified atom stereocenters. The normalized spacial score (nSPS) is 9.69. The SMILES string of the molecule is CON(C)C(=O)Nc1ccc(C(C)=O)cc1. The number of nitrogens with zero attached hydrogens (tertiary/aromatic N) is 1. The Bertz CT molecular complexity index is 387. The third kappa shape index (κ3) is 3.06. The maximum absolute atomic E-state index is 11.4. The molecule has 2 amide bonds. The second-order valence-corrected chi connectivity index (χ2v) is 3.24. The van der Waals surface area contributed by atoms with E-state index in [1.807, 2.05) is 0 Å². The first-order chi connectivity index (χ1) is 7.54. The lowest BCUT2D eigenvalue weighted by molar-refractivity contribution is -0.0598. The van der Waals surface area contributed by atoms with Gasteiger partial charge in [-0.05, 0) is 31.2 Å². The van der Waals surface area contributed by atoms with Crippen LogP contribution in [-0.2, 0) is 4.84 Å². The van der Waals surface area contributed by atoms with Gasteiger partial charge < -0.3 is 5.32 Å². The van der Waals surface area contributed by atoms with Crippen LogP contribution in [0.4, 0.5) is 10.5 Å². The summed E-state index contributed by atoms with van der Waals surface area (Å²) in [6, 6.07) is 6.27. The Morgan fingerprint density at radius 2 is 1.81 bits per heavy atom. The van der Waals surface area contributed by atoms with E-state index in [1.165, 1.54) is 21.1 Å². The summed E-state index contributed by atoms with van der Waals surface area (Å²) in [5.41, 5.74) is 1.22. The van der Waals surface area contributed by atoms with Crippen molar-refractivity contribution in [2.75, 3.05) is 19.5 Å². The molecule has 1 aromatic carbocycles. The van der Waals surface area contributed by atoms with Gasteiger partial charge in [0.2, 0.25) is 0 Å². The third-order valence-electron chi connectivity index (χ3n) is 2.10. The molecule has 5 nitrogen and oxygen atoms in total. The van der Waals surface area contributed by atoms with E-state index in [-0.39, 0.29) is 11.8 Å². The second kappa shape index (κ2) is 5.27. The number of hydroxylamine groups is 2. The Morgan fingerprint density at radius 3 is 2.25 bits per heavy atom. The highest BCUT2D eigenvalue weighted by atomic mass is 16.7. The molecule has 0 spiro atoms. The Hall–Kier alpha value is -1.88. The number of ketones is 1. The summed E-state index contributed by atoms with van der Waals surface area (Å²) in [4.78, 5) is 27.1. The van der Waals surface area contributed by atoms with E-state index in [1.54, 1.807) is 24.3 Å². The molecule has 86 valence electrons. The first-order valence-electron chi connectivity index (χ1n) is 4.74. The first-order valence-corrected chi connectivity index (χ1v) is 4.74. The highest BCUT2D eigenvalue weighted by molar-refractivity contribution is 5.95. The lowest BCUT2D eigenvalue weighted by atomic mass is 10.1. The van der Waals surface area contributed by atoms with Crippen LogP contribution in [0.5, 0.6) is 0 Å². The van der Waals surface area contributed by atoms with Crippen molar-refractivity contribution >= 4 is 17.5 Å². The summed E-state index contributed by atoms with van der Waals surface area (Å²) < 4.78 is 0. The van der Waals surface area contributed by atoms with Gasteiger partial charge in [0.1, 0.15) is 0 Å². The maximum Gasteiger partial charge on any atom is 0.345 e. The number of urea groups is 1. The zero-order valence-electron chi connectivity index (χ0n) is 9.48. The zero-order valence-corrected chi connectivity index (χ0v) is 9.48. The van der Waals surface area contributed by atoms with E-state index in [0.29, 0.717) is 11.3 Å². The van der Waals surface area contributed by atoms with Gasteiger partial charge in [-0.15, -0.1) is 0 Å². The van der Waals surface area contributed by atoms with Crippen LogP contribution in [0, 0.1) is 0 Å². The first kappa shape index (κ1) is 12.2. The Morgan fingerprint density at radius 1 is 1.25 bits per heavy atom. The van der Waals surface area contributed by atoms with Crippen LogP contribution in [-0.4, -0.2) is 31.0 Å². The topological polar surface area (TPSA) is 58.6 Å². The second-order valence-electron chi connectivity index (χ2n) is 3.24. The van der Waals surface area contributed by atoms with E-state index in [9.17, 15) is 9.59 Å². The van der Waals surface area contributed by atoms with Gasteiger partial charge in [-0.3, -0.25) is 9.63 Å². The summed E-state index contributed by atoms with van der Waals surface area (Å²) >= 11 is 0. The summed E-state index contributed by atoms with van der Waals surface area (Å²) in [5.74, 6) is -0.00751. The number of carbonyl (C=O) groups excluding carboxylic acids is 2. The minimum Gasteiger partial charge on any atom is -0.306 e. The molecule has 0 atom stereocenters. The Kier molecular flexibility index (Phi) is 4.02. The van der Waals surface area contributed by atoms with E-state index in [2.05, 4.69) is 5.32 Å². The van der Waals surface area contributed by atoms with Crippen LogP contribution in [0.25, 0.3) is 0 Å². The number of amides is 2. The quantitative estimate of drug-likeness (QED) is 0.627. The molecule has 1 rings (SSSR count). The molecule has 0 aliphatic rings. The van der Waals surface area contributed by atoms with Crippen molar-refractivity contribution in [1.82, 2.24) is 5.06 Å². The number of Topliss-reactive ketones (excluding diaryl/α,β-unsaturated/α-hetero) is 1. The van der Waals surface area contributed by atoms with E-state index in [4.69, 9.17) is 4.84 Å². The zero-order chi connectivity index (χ0) is 12.1. The number of carbonyl (C=O) groups is 2. The number of hydrogen-bond acceptors (Lipinski definition) is 3. The predicted octanol–water partition coefficient (Wildman–Crippen LogP) is 1.91. The van der Waals surface area contributed by atoms with Gasteiger partial charge >= 0.3 is 6.03 Å². The highest BCUT2D eigenvalue weighted by Crippen LogP contribution is 2.10. The van der Waals surface area contributed by atoms with Crippen molar-refractivity contribution in [2.45, 2.75) is 6.92 Å². The van der Waals surface area contributed by atoms with Crippen molar-refractivity contribution in [1.29, 1.82) is 0 Å². The largest absolute Gasteiger partial charge is 0.345 e. The van der Waals surface area contributed by atoms with Crippen molar-refractivity contribution < 1.29 is 14.4 Å². The van der Waals surface area contributed by atoms with Crippen LogP contribution >= 0.6 is 0 Å². The molecule has 0 radical (unpaired) electrons. The minimum atomic E-state index is -0.377. The van der Waals surface area contributed by atoms with E-state index in [0.717, 1.165) is 5.06 Å². The molecule has 0 heterocycles. The van der Waals surface area contributed by atoms with Gasteiger partial charge in [0.15, 0.2) is 5.78 Å². The molecular weight excluding hydrogens is 208 g/mol. The molecule has 5 heteroatoms. The fraction of sp³-hybridized carbons (Fsp3) is 0.273. The van der Waals surface area contributed by atoms with Crippen LogP contribution < -0.4 is 5.32 Å².